The van der Waals surface area contributed by atoms with Crippen LogP contribution in [0.5, 0.6) is 11.5 Å². The van der Waals surface area contributed by atoms with Crippen LogP contribution >= 0.6 is 0 Å². The molecule has 4 rings (SSSR count). The van der Waals surface area contributed by atoms with Crippen molar-refractivity contribution >= 4 is 48.1 Å². The van der Waals surface area contributed by atoms with Gasteiger partial charge in [0.15, 0.2) is 0 Å². The number of benzene rings is 4. The first-order valence-corrected chi connectivity index (χ1v) is 17.5. The number of rotatable bonds is 3. The second kappa shape index (κ2) is 7.00. The Morgan fingerprint density at radius 1 is 0.500 bits per heavy atom. The highest BCUT2D eigenvalue weighted by molar-refractivity contribution is 6.89. The lowest BCUT2D eigenvalue weighted by Crippen LogP contribution is -2.37. The van der Waals surface area contributed by atoms with Crippen LogP contribution in [0, 0.1) is 0 Å². The van der Waals surface area contributed by atoms with Gasteiger partial charge in [-0.2, -0.15) is 0 Å². The zero-order valence-electron chi connectivity index (χ0n) is 18.7. The second-order valence-corrected chi connectivity index (χ2v) is 20.4. The number of aromatic hydroxyl groups is 2. The molecule has 4 aromatic carbocycles. The fourth-order valence-corrected chi connectivity index (χ4v) is 6.44. The minimum Gasteiger partial charge on any atom is -0.507 e. The van der Waals surface area contributed by atoms with E-state index < -0.39 is 16.1 Å². The van der Waals surface area contributed by atoms with E-state index in [0.29, 0.717) is 11.1 Å². The summed E-state index contributed by atoms with van der Waals surface area (Å²) in [5.41, 5.74) is 1.41. The highest BCUT2D eigenvalue weighted by atomic mass is 28.3. The van der Waals surface area contributed by atoms with E-state index in [1.807, 2.05) is 12.1 Å². The maximum absolute atomic E-state index is 10.9. The zero-order chi connectivity index (χ0) is 21.8. The molecule has 2 N–H and O–H groups in total. The molecule has 0 atom stereocenters. The van der Waals surface area contributed by atoms with Crippen molar-refractivity contribution in [1.29, 1.82) is 0 Å². The Bertz CT molecular complexity index is 1180. The Kier molecular flexibility index (Phi) is 4.83. The maximum Gasteiger partial charge on any atom is 0.124 e. The van der Waals surface area contributed by atoms with Crippen LogP contribution in [0.25, 0.3) is 32.7 Å². The summed E-state index contributed by atoms with van der Waals surface area (Å²) in [5, 5.41) is 28.6. The topological polar surface area (TPSA) is 40.5 Å². The quantitative estimate of drug-likeness (QED) is 0.382. The number of fused-ring (bicyclic) bond motifs is 2. The van der Waals surface area contributed by atoms with E-state index in [2.05, 4.69) is 75.7 Å². The summed E-state index contributed by atoms with van der Waals surface area (Å²) in [7, 11) is -2.90. The Labute approximate surface area is 180 Å². The van der Waals surface area contributed by atoms with Crippen LogP contribution in [0.1, 0.15) is 0 Å². The van der Waals surface area contributed by atoms with E-state index >= 15 is 0 Å². The van der Waals surface area contributed by atoms with E-state index in [1.54, 1.807) is 12.1 Å². The minimum absolute atomic E-state index is 0.195. The van der Waals surface area contributed by atoms with Crippen molar-refractivity contribution in [1.82, 2.24) is 0 Å². The number of phenols is 2. The standard InChI is InChI=1S/C26H30O2Si2/c1-29(2,3)19-9-11-21-17(15-19)7-13-23(27)25(21)26-22-12-10-20(30(4,5)6)16-18(22)8-14-24(26)28/h7-16,27-28H,1-6H3. The Morgan fingerprint density at radius 2 is 0.867 bits per heavy atom. The summed E-state index contributed by atoms with van der Waals surface area (Å²) in [6.07, 6.45) is 0. The second-order valence-electron chi connectivity index (χ2n) is 10.3. The Hall–Kier alpha value is -2.57. The fourth-order valence-electron chi connectivity index (χ4n) is 4.10. The molecule has 2 nitrogen and oxygen atoms in total. The van der Waals surface area contributed by atoms with E-state index in [4.69, 9.17) is 0 Å². The normalized spacial score (nSPS) is 12.6. The Morgan fingerprint density at radius 3 is 1.20 bits per heavy atom. The summed E-state index contributed by atoms with van der Waals surface area (Å²) in [6, 6.07) is 20.5. The smallest absolute Gasteiger partial charge is 0.124 e. The van der Waals surface area contributed by atoms with Crippen molar-refractivity contribution in [3.05, 3.63) is 60.7 Å². The lowest BCUT2D eigenvalue weighted by Gasteiger charge is -2.20. The summed E-state index contributed by atoms with van der Waals surface area (Å²) in [4.78, 5) is 0. The van der Waals surface area contributed by atoms with Gasteiger partial charge in [-0.15, -0.1) is 0 Å². The van der Waals surface area contributed by atoms with Gasteiger partial charge in [-0.25, -0.2) is 0 Å². The third kappa shape index (κ3) is 3.55. The van der Waals surface area contributed by atoms with E-state index in [0.717, 1.165) is 21.5 Å². The van der Waals surface area contributed by atoms with Crippen molar-refractivity contribution in [3.8, 4) is 22.6 Å². The molecule has 0 heterocycles. The van der Waals surface area contributed by atoms with Gasteiger partial charge in [0.25, 0.3) is 0 Å². The molecule has 0 bridgehead atoms. The molecular weight excluding hydrogens is 400 g/mol. The summed E-state index contributed by atoms with van der Waals surface area (Å²) < 4.78 is 0. The van der Waals surface area contributed by atoms with Gasteiger partial charge in [-0.05, 0) is 33.7 Å². The average Bonchev–Trinajstić information content (AvgIpc) is 2.66. The SMILES string of the molecule is C[Si](C)(C)c1ccc2c(-c3c(O)ccc4cc([Si](C)(C)C)ccc34)c(O)ccc2c1. The molecule has 0 spiro atoms. The lowest BCUT2D eigenvalue weighted by atomic mass is 9.92. The highest BCUT2D eigenvalue weighted by Gasteiger charge is 2.21. The van der Waals surface area contributed by atoms with Gasteiger partial charge in [-0.3, -0.25) is 0 Å². The van der Waals surface area contributed by atoms with Gasteiger partial charge in [0.1, 0.15) is 11.5 Å². The third-order valence-corrected chi connectivity index (χ3v) is 10.1. The predicted octanol–water partition coefficient (Wildman–Crippen LogP) is 6.16. The van der Waals surface area contributed by atoms with Crippen molar-refractivity contribution in [2.45, 2.75) is 39.3 Å². The largest absolute Gasteiger partial charge is 0.507 e. The zero-order valence-corrected chi connectivity index (χ0v) is 20.7. The summed E-state index contributed by atoms with van der Waals surface area (Å²) in [5.74, 6) is 0.389. The third-order valence-electron chi connectivity index (χ3n) is 5.98. The minimum atomic E-state index is -1.45. The van der Waals surface area contributed by atoms with Gasteiger partial charge in [0.2, 0.25) is 0 Å². The molecule has 0 amide bonds. The maximum atomic E-state index is 10.9. The molecule has 0 aliphatic heterocycles. The molecule has 30 heavy (non-hydrogen) atoms. The molecule has 0 aliphatic carbocycles. The molecule has 0 saturated heterocycles. The van der Waals surface area contributed by atoms with Crippen LogP contribution in [0.2, 0.25) is 39.3 Å². The molecule has 0 unspecified atom stereocenters. The van der Waals surface area contributed by atoms with Crippen LogP contribution in [0.3, 0.4) is 0 Å². The van der Waals surface area contributed by atoms with Crippen LogP contribution in [0.15, 0.2) is 60.7 Å². The van der Waals surface area contributed by atoms with Gasteiger partial charge in [0, 0.05) is 11.1 Å². The lowest BCUT2D eigenvalue weighted by molar-refractivity contribution is 0.470. The number of hydrogen-bond donors (Lipinski definition) is 2. The molecular formula is C26H30O2Si2. The van der Waals surface area contributed by atoms with Crippen molar-refractivity contribution in [2.24, 2.45) is 0 Å². The van der Waals surface area contributed by atoms with Crippen LogP contribution in [-0.2, 0) is 0 Å². The molecule has 0 radical (unpaired) electrons. The first-order chi connectivity index (χ1) is 14.0. The molecule has 4 aromatic rings. The number of hydrogen-bond acceptors (Lipinski definition) is 2. The van der Waals surface area contributed by atoms with Crippen LogP contribution in [0.4, 0.5) is 0 Å². The first-order valence-electron chi connectivity index (χ1n) is 10.5. The fraction of sp³-hybridized carbons (Fsp3) is 0.231. The molecule has 4 heteroatoms. The highest BCUT2D eigenvalue weighted by Crippen LogP contribution is 2.44. The molecule has 154 valence electrons. The van der Waals surface area contributed by atoms with E-state index in [-0.39, 0.29) is 11.5 Å². The summed E-state index contributed by atoms with van der Waals surface area (Å²) in [6.45, 7) is 14.0. The monoisotopic (exact) mass is 430 g/mol. The van der Waals surface area contributed by atoms with Gasteiger partial charge in [-0.1, -0.05) is 98.2 Å². The van der Waals surface area contributed by atoms with Gasteiger partial charge < -0.3 is 10.2 Å². The first kappa shape index (κ1) is 20.7. The van der Waals surface area contributed by atoms with Crippen LogP contribution < -0.4 is 10.4 Å². The Balaban J connectivity index is 2.04. The molecule has 0 fully saturated rings. The molecule has 0 aliphatic rings. The summed E-state index contributed by atoms with van der Waals surface area (Å²) >= 11 is 0. The van der Waals surface area contributed by atoms with Crippen molar-refractivity contribution in [3.63, 3.8) is 0 Å². The average molecular weight is 431 g/mol. The van der Waals surface area contributed by atoms with Gasteiger partial charge in [0.05, 0.1) is 16.1 Å². The predicted molar refractivity (Wildman–Crippen MR) is 136 cm³/mol. The number of phenolic OH excluding ortho intramolecular Hbond substituents is 2. The van der Waals surface area contributed by atoms with Crippen molar-refractivity contribution in [2.75, 3.05) is 0 Å². The molecule has 0 aromatic heterocycles. The van der Waals surface area contributed by atoms with Crippen LogP contribution in [-0.4, -0.2) is 26.4 Å². The van der Waals surface area contributed by atoms with E-state index in [9.17, 15) is 10.2 Å². The van der Waals surface area contributed by atoms with Crippen molar-refractivity contribution < 1.29 is 10.2 Å². The van der Waals surface area contributed by atoms with E-state index in [1.165, 1.54) is 10.4 Å². The van der Waals surface area contributed by atoms with Gasteiger partial charge >= 0.3 is 0 Å². The molecule has 0 saturated carbocycles.